The summed E-state index contributed by atoms with van der Waals surface area (Å²) in [5, 5.41) is 0.0182. The third kappa shape index (κ3) is 2.86. The molecule has 2 rings (SSSR count). The molecule has 15 heavy (non-hydrogen) atoms. The number of hydrogen-bond donors (Lipinski definition) is 1. The Labute approximate surface area is 96.6 Å². The Balaban J connectivity index is 1.88. The smallest absolute Gasteiger partial charge is 0.212 e. The van der Waals surface area contributed by atoms with Crippen LogP contribution < -0.4 is 4.72 Å². The van der Waals surface area contributed by atoms with E-state index in [0.29, 0.717) is 0 Å². The summed E-state index contributed by atoms with van der Waals surface area (Å²) in [6.45, 7) is 0. The molecule has 0 aromatic heterocycles. The van der Waals surface area contributed by atoms with Crippen molar-refractivity contribution in [3.05, 3.63) is 0 Å². The van der Waals surface area contributed by atoms with Crippen LogP contribution in [0.4, 0.5) is 0 Å². The molecule has 0 saturated heterocycles. The largest absolute Gasteiger partial charge is 0.214 e. The number of hydrogen-bond acceptors (Lipinski definition) is 2. The zero-order valence-electron chi connectivity index (χ0n) is 8.78. The Hall–Kier alpha value is 0.200. The first kappa shape index (κ1) is 11.7. The fraction of sp³-hybridized carbons (Fsp3) is 1.00. The number of sulfonamides is 1. The summed E-state index contributed by atoms with van der Waals surface area (Å²) >= 11 is 5.82. The minimum absolute atomic E-state index is 0.0967. The molecule has 0 heterocycles. The maximum absolute atomic E-state index is 11.9. The van der Waals surface area contributed by atoms with Crippen LogP contribution in [0.3, 0.4) is 0 Å². The first-order valence-corrected chi connectivity index (χ1v) is 7.71. The SMILES string of the molecule is O=S(=O)(NC1CC(Cl)C1)C1CCCCC1. The second kappa shape index (κ2) is 4.60. The minimum Gasteiger partial charge on any atom is -0.212 e. The predicted octanol–water partition coefficient (Wildman–Crippen LogP) is 2.01. The molecule has 0 spiro atoms. The van der Waals surface area contributed by atoms with E-state index in [2.05, 4.69) is 4.72 Å². The lowest BCUT2D eigenvalue weighted by Gasteiger charge is -2.33. The Morgan fingerprint density at radius 1 is 1.07 bits per heavy atom. The molecule has 0 aliphatic heterocycles. The second-order valence-corrected chi connectivity index (χ2v) is 7.30. The van der Waals surface area contributed by atoms with Gasteiger partial charge in [0.05, 0.1) is 5.25 Å². The number of alkyl halides is 1. The summed E-state index contributed by atoms with van der Waals surface area (Å²) in [5.74, 6) is 0. The van der Waals surface area contributed by atoms with E-state index >= 15 is 0 Å². The Kier molecular flexibility index (Phi) is 3.58. The molecule has 3 nitrogen and oxygen atoms in total. The predicted molar refractivity (Wildman–Crippen MR) is 61.6 cm³/mol. The molecule has 88 valence electrons. The molecule has 2 fully saturated rings. The van der Waals surface area contributed by atoms with Crippen molar-refractivity contribution in [2.45, 2.75) is 61.6 Å². The normalized spacial score (nSPS) is 33.7. The summed E-state index contributed by atoms with van der Waals surface area (Å²) < 4.78 is 26.7. The lowest BCUT2D eigenvalue weighted by atomic mass is 9.94. The van der Waals surface area contributed by atoms with Gasteiger partial charge in [-0.05, 0) is 25.7 Å². The van der Waals surface area contributed by atoms with Crippen molar-refractivity contribution < 1.29 is 8.42 Å². The van der Waals surface area contributed by atoms with Crippen LogP contribution in [0.2, 0.25) is 0 Å². The van der Waals surface area contributed by atoms with Gasteiger partial charge in [-0.1, -0.05) is 19.3 Å². The highest BCUT2D eigenvalue weighted by Crippen LogP contribution is 2.28. The van der Waals surface area contributed by atoms with E-state index in [-0.39, 0.29) is 16.7 Å². The molecule has 5 heteroatoms. The molecule has 0 unspecified atom stereocenters. The van der Waals surface area contributed by atoms with Gasteiger partial charge < -0.3 is 0 Å². The van der Waals surface area contributed by atoms with Gasteiger partial charge in [-0.3, -0.25) is 0 Å². The molecule has 0 aromatic rings. The molecule has 0 aromatic carbocycles. The number of halogens is 1. The first-order chi connectivity index (χ1) is 7.08. The molecular formula is C10H18ClNO2S. The van der Waals surface area contributed by atoms with Crippen LogP contribution in [-0.4, -0.2) is 25.1 Å². The highest BCUT2D eigenvalue weighted by molar-refractivity contribution is 7.90. The monoisotopic (exact) mass is 251 g/mol. The molecular weight excluding hydrogens is 234 g/mol. The van der Waals surface area contributed by atoms with Gasteiger partial charge in [0.1, 0.15) is 0 Å². The third-order valence-electron chi connectivity index (χ3n) is 3.40. The number of nitrogens with one attached hydrogen (secondary N) is 1. The molecule has 1 N–H and O–H groups in total. The van der Waals surface area contributed by atoms with E-state index < -0.39 is 10.0 Å². The van der Waals surface area contributed by atoms with E-state index in [1.165, 1.54) is 6.42 Å². The van der Waals surface area contributed by atoms with Gasteiger partial charge in [0.2, 0.25) is 10.0 Å². The van der Waals surface area contributed by atoms with Gasteiger partial charge in [-0.15, -0.1) is 11.6 Å². The van der Waals surface area contributed by atoms with Crippen molar-refractivity contribution >= 4 is 21.6 Å². The maximum atomic E-state index is 11.9. The van der Waals surface area contributed by atoms with Crippen LogP contribution in [0.1, 0.15) is 44.9 Å². The van der Waals surface area contributed by atoms with Gasteiger partial charge in [0.25, 0.3) is 0 Å². The van der Waals surface area contributed by atoms with E-state index in [1.54, 1.807) is 0 Å². The summed E-state index contributed by atoms with van der Waals surface area (Å²) in [7, 11) is -3.08. The average molecular weight is 252 g/mol. The van der Waals surface area contributed by atoms with Crippen LogP contribution in [0.15, 0.2) is 0 Å². The third-order valence-corrected chi connectivity index (χ3v) is 5.77. The zero-order chi connectivity index (χ0) is 10.9. The molecule has 2 aliphatic rings. The number of rotatable bonds is 3. The Morgan fingerprint density at radius 3 is 2.20 bits per heavy atom. The highest BCUT2D eigenvalue weighted by atomic mass is 35.5. The van der Waals surface area contributed by atoms with Crippen molar-refractivity contribution in [1.82, 2.24) is 4.72 Å². The van der Waals surface area contributed by atoms with Crippen molar-refractivity contribution in [1.29, 1.82) is 0 Å². The van der Waals surface area contributed by atoms with Gasteiger partial charge >= 0.3 is 0 Å². The van der Waals surface area contributed by atoms with Crippen LogP contribution in [0, 0.1) is 0 Å². The van der Waals surface area contributed by atoms with Gasteiger partial charge in [-0.25, -0.2) is 13.1 Å². The van der Waals surface area contributed by atoms with Crippen LogP contribution in [0.25, 0.3) is 0 Å². The van der Waals surface area contributed by atoms with E-state index in [0.717, 1.165) is 38.5 Å². The molecule has 2 aliphatic carbocycles. The first-order valence-electron chi connectivity index (χ1n) is 5.73. The molecule has 0 atom stereocenters. The van der Waals surface area contributed by atoms with Crippen molar-refractivity contribution in [2.24, 2.45) is 0 Å². The standard InChI is InChI=1S/C10H18ClNO2S/c11-8-6-9(7-8)12-15(13,14)10-4-2-1-3-5-10/h8-10,12H,1-7H2. The van der Waals surface area contributed by atoms with Crippen LogP contribution in [0.5, 0.6) is 0 Å². The van der Waals surface area contributed by atoms with E-state index in [1.807, 2.05) is 0 Å². The topological polar surface area (TPSA) is 46.2 Å². The zero-order valence-corrected chi connectivity index (χ0v) is 10.4. The lowest BCUT2D eigenvalue weighted by Crippen LogP contribution is -2.48. The summed E-state index contributed by atoms with van der Waals surface area (Å²) in [5.41, 5.74) is 0. The second-order valence-electron chi connectivity index (χ2n) is 4.69. The lowest BCUT2D eigenvalue weighted by molar-refractivity contribution is 0.384. The fourth-order valence-electron chi connectivity index (χ4n) is 2.35. The Bertz CT molecular complexity index is 305. The van der Waals surface area contributed by atoms with Crippen molar-refractivity contribution in [3.8, 4) is 0 Å². The van der Waals surface area contributed by atoms with Crippen molar-refractivity contribution in [2.75, 3.05) is 0 Å². The highest BCUT2D eigenvalue weighted by Gasteiger charge is 2.34. The molecule has 2 saturated carbocycles. The minimum atomic E-state index is -3.08. The van der Waals surface area contributed by atoms with Gasteiger partial charge in [0.15, 0.2) is 0 Å². The van der Waals surface area contributed by atoms with Crippen LogP contribution >= 0.6 is 11.6 Å². The molecule has 0 amide bonds. The molecule has 0 bridgehead atoms. The average Bonchev–Trinajstić information content (AvgIpc) is 2.17. The van der Waals surface area contributed by atoms with Crippen molar-refractivity contribution in [3.63, 3.8) is 0 Å². The summed E-state index contributed by atoms with van der Waals surface area (Å²) in [6.07, 6.45) is 6.50. The quantitative estimate of drug-likeness (QED) is 0.780. The van der Waals surface area contributed by atoms with Crippen LogP contribution in [-0.2, 0) is 10.0 Å². The van der Waals surface area contributed by atoms with E-state index in [9.17, 15) is 8.42 Å². The summed E-state index contributed by atoms with van der Waals surface area (Å²) in [6, 6.07) is 0.0967. The van der Waals surface area contributed by atoms with Gasteiger partial charge in [0, 0.05) is 11.4 Å². The Morgan fingerprint density at radius 2 is 1.67 bits per heavy atom. The van der Waals surface area contributed by atoms with Gasteiger partial charge in [-0.2, -0.15) is 0 Å². The maximum Gasteiger partial charge on any atom is 0.214 e. The molecule has 0 radical (unpaired) electrons. The van der Waals surface area contributed by atoms with E-state index in [4.69, 9.17) is 11.6 Å². The fourth-order valence-corrected chi connectivity index (χ4v) is 4.58. The summed E-state index contributed by atoms with van der Waals surface area (Å²) in [4.78, 5) is 0.